The van der Waals surface area contributed by atoms with Crippen molar-refractivity contribution in [3.63, 3.8) is 0 Å². The molecule has 134 valence electrons. The van der Waals surface area contributed by atoms with Crippen LogP contribution in [-0.4, -0.2) is 38.0 Å². The number of ether oxygens (including phenoxy) is 1. The molecule has 0 bridgehead atoms. The quantitative estimate of drug-likeness (QED) is 0.556. The number of aryl methyl sites for hydroxylation is 2. The maximum absolute atomic E-state index is 12.4. The highest BCUT2D eigenvalue weighted by atomic mass is 32.2. The van der Waals surface area contributed by atoms with E-state index >= 15 is 0 Å². The molecule has 1 rings (SSSR count). The van der Waals surface area contributed by atoms with Gasteiger partial charge in [0, 0.05) is 6.42 Å². The molecule has 1 aromatic carbocycles. The zero-order valence-corrected chi connectivity index (χ0v) is 14.6. The van der Waals surface area contributed by atoms with Gasteiger partial charge in [-0.25, -0.2) is 8.42 Å². The molecule has 0 heterocycles. The summed E-state index contributed by atoms with van der Waals surface area (Å²) in [7, 11) is -3.97. The zero-order valence-electron chi connectivity index (χ0n) is 13.8. The summed E-state index contributed by atoms with van der Waals surface area (Å²) in [6.45, 7) is 4.73. The normalized spacial score (nSPS) is 12.6. The first kappa shape index (κ1) is 19.9. The number of sulfonamides is 1. The van der Waals surface area contributed by atoms with Crippen LogP contribution in [0.25, 0.3) is 0 Å². The Hall–Kier alpha value is -2.13. The molecule has 0 saturated carbocycles. The van der Waals surface area contributed by atoms with Gasteiger partial charge in [0.25, 0.3) is 0 Å². The van der Waals surface area contributed by atoms with E-state index in [4.69, 9.17) is 15.6 Å². The van der Waals surface area contributed by atoms with Crippen LogP contribution < -0.4 is 15.2 Å². The van der Waals surface area contributed by atoms with Crippen LogP contribution in [0.15, 0.2) is 17.0 Å². The summed E-state index contributed by atoms with van der Waals surface area (Å²) in [5.74, 6) is -1.20. The Morgan fingerprint density at radius 1 is 1.29 bits per heavy atom. The van der Waals surface area contributed by atoms with Crippen molar-refractivity contribution in [2.24, 2.45) is 5.73 Å². The zero-order chi connectivity index (χ0) is 18.5. The molecule has 9 heteroatoms. The van der Waals surface area contributed by atoms with E-state index in [1.165, 1.54) is 6.92 Å². The minimum Gasteiger partial charge on any atom is -0.494 e. The van der Waals surface area contributed by atoms with E-state index in [9.17, 15) is 18.0 Å². The van der Waals surface area contributed by atoms with Crippen molar-refractivity contribution in [3.8, 4) is 5.75 Å². The van der Waals surface area contributed by atoms with E-state index in [-0.39, 0.29) is 17.9 Å². The Morgan fingerprint density at radius 2 is 1.83 bits per heavy atom. The van der Waals surface area contributed by atoms with Gasteiger partial charge in [-0.05, 0) is 50.5 Å². The van der Waals surface area contributed by atoms with E-state index in [2.05, 4.69) is 4.72 Å². The molecule has 0 fully saturated rings. The van der Waals surface area contributed by atoms with Crippen molar-refractivity contribution in [1.29, 1.82) is 0 Å². The van der Waals surface area contributed by atoms with Gasteiger partial charge in [-0.3, -0.25) is 9.59 Å². The molecule has 0 aliphatic rings. The number of aliphatic carboxylic acids is 1. The summed E-state index contributed by atoms with van der Waals surface area (Å²) < 4.78 is 32.3. The van der Waals surface area contributed by atoms with Crippen LogP contribution in [0.2, 0.25) is 0 Å². The Morgan fingerprint density at radius 3 is 2.29 bits per heavy atom. The van der Waals surface area contributed by atoms with Crippen molar-refractivity contribution in [3.05, 3.63) is 23.3 Å². The van der Waals surface area contributed by atoms with Crippen molar-refractivity contribution >= 4 is 21.9 Å². The Bertz CT molecular complexity index is 706. The van der Waals surface area contributed by atoms with Gasteiger partial charge in [-0.2, -0.15) is 4.72 Å². The van der Waals surface area contributed by atoms with Crippen LogP contribution in [0.4, 0.5) is 0 Å². The minimum absolute atomic E-state index is 0.0279. The van der Waals surface area contributed by atoms with Gasteiger partial charge in [0.15, 0.2) is 0 Å². The summed E-state index contributed by atoms with van der Waals surface area (Å²) in [4.78, 5) is 21.5. The van der Waals surface area contributed by atoms with E-state index in [1.54, 1.807) is 26.0 Å². The van der Waals surface area contributed by atoms with Gasteiger partial charge in [0.1, 0.15) is 11.8 Å². The molecule has 0 aromatic heterocycles. The first-order valence-electron chi connectivity index (χ1n) is 7.32. The molecule has 0 aliphatic heterocycles. The lowest BCUT2D eigenvalue weighted by Crippen LogP contribution is -2.38. The molecule has 24 heavy (non-hydrogen) atoms. The number of nitrogens with one attached hydrogen (secondary N) is 1. The lowest BCUT2D eigenvalue weighted by atomic mass is 10.1. The van der Waals surface area contributed by atoms with Crippen LogP contribution in [0.1, 0.15) is 30.9 Å². The number of primary amides is 1. The van der Waals surface area contributed by atoms with E-state index in [1.807, 2.05) is 0 Å². The average Bonchev–Trinajstić information content (AvgIpc) is 2.41. The van der Waals surface area contributed by atoms with Crippen molar-refractivity contribution in [2.75, 3.05) is 6.61 Å². The van der Waals surface area contributed by atoms with E-state index in [0.29, 0.717) is 23.3 Å². The van der Waals surface area contributed by atoms with Gasteiger partial charge < -0.3 is 15.6 Å². The van der Waals surface area contributed by atoms with Crippen molar-refractivity contribution in [1.82, 2.24) is 4.72 Å². The largest absolute Gasteiger partial charge is 0.494 e. The summed E-state index contributed by atoms with van der Waals surface area (Å²) in [5.41, 5.74) is 5.91. The fourth-order valence-corrected chi connectivity index (χ4v) is 3.85. The third kappa shape index (κ3) is 5.50. The van der Waals surface area contributed by atoms with Gasteiger partial charge in [0.2, 0.25) is 15.9 Å². The highest BCUT2D eigenvalue weighted by Gasteiger charge is 2.25. The molecule has 8 nitrogen and oxygen atoms in total. The van der Waals surface area contributed by atoms with Crippen molar-refractivity contribution in [2.45, 2.75) is 44.6 Å². The second-order valence-electron chi connectivity index (χ2n) is 5.49. The molecular formula is C15H22N2O6S. The maximum atomic E-state index is 12.4. The number of hydrogen-bond acceptors (Lipinski definition) is 5. The lowest BCUT2D eigenvalue weighted by Gasteiger charge is -2.16. The first-order valence-corrected chi connectivity index (χ1v) is 8.80. The van der Waals surface area contributed by atoms with Crippen LogP contribution in [0, 0.1) is 13.8 Å². The van der Waals surface area contributed by atoms with Gasteiger partial charge in [0.05, 0.1) is 11.5 Å². The van der Waals surface area contributed by atoms with E-state index < -0.39 is 27.9 Å². The molecule has 0 saturated heterocycles. The van der Waals surface area contributed by atoms with Crippen LogP contribution in [0.5, 0.6) is 5.75 Å². The third-order valence-electron chi connectivity index (χ3n) is 3.24. The number of hydrogen-bond donors (Lipinski definition) is 3. The van der Waals surface area contributed by atoms with Gasteiger partial charge in [-0.1, -0.05) is 0 Å². The van der Waals surface area contributed by atoms with Crippen LogP contribution in [0.3, 0.4) is 0 Å². The van der Waals surface area contributed by atoms with Crippen LogP contribution >= 0.6 is 0 Å². The number of rotatable bonds is 9. The number of carboxylic acids is 1. The molecule has 1 aromatic rings. The second kappa shape index (κ2) is 8.11. The van der Waals surface area contributed by atoms with Crippen LogP contribution in [-0.2, 0) is 19.6 Å². The minimum atomic E-state index is -3.97. The summed E-state index contributed by atoms with van der Waals surface area (Å²) >= 11 is 0. The molecular weight excluding hydrogens is 336 g/mol. The Labute approximate surface area is 141 Å². The number of nitrogens with two attached hydrogens (primary N) is 1. The summed E-state index contributed by atoms with van der Waals surface area (Å²) in [6, 6.07) is 1.87. The van der Waals surface area contributed by atoms with Gasteiger partial charge in [-0.15, -0.1) is 0 Å². The monoisotopic (exact) mass is 358 g/mol. The predicted molar refractivity (Wildman–Crippen MR) is 87.3 cm³/mol. The molecule has 0 spiro atoms. The SMILES string of the molecule is Cc1cc(OCCCC(N)=O)cc(C)c1S(=O)(=O)N[C@@H](C)C(=O)O. The number of carbonyl (C=O) groups is 2. The smallest absolute Gasteiger partial charge is 0.321 e. The highest BCUT2D eigenvalue weighted by Crippen LogP contribution is 2.26. The average molecular weight is 358 g/mol. The Balaban J connectivity index is 2.95. The maximum Gasteiger partial charge on any atom is 0.321 e. The second-order valence-corrected chi connectivity index (χ2v) is 7.14. The topological polar surface area (TPSA) is 136 Å². The molecule has 0 aliphatic carbocycles. The number of benzene rings is 1. The molecule has 1 atom stereocenters. The first-order chi connectivity index (χ1) is 11.0. The molecule has 0 radical (unpaired) electrons. The molecule has 4 N–H and O–H groups in total. The highest BCUT2D eigenvalue weighted by molar-refractivity contribution is 7.89. The lowest BCUT2D eigenvalue weighted by molar-refractivity contribution is -0.138. The fraction of sp³-hybridized carbons (Fsp3) is 0.467. The Kier molecular flexibility index (Phi) is 6.73. The van der Waals surface area contributed by atoms with E-state index in [0.717, 1.165) is 0 Å². The summed E-state index contributed by atoms with van der Waals surface area (Å²) in [6.07, 6.45) is 0.673. The fourth-order valence-electron chi connectivity index (χ4n) is 2.20. The summed E-state index contributed by atoms with van der Waals surface area (Å²) in [5, 5.41) is 8.85. The third-order valence-corrected chi connectivity index (χ3v) is 5.09. The van der Waals surface area contributed by atoms with Gasteiger partial charge >= 0.3 is 5.97 Å². The number of carbonyl (C=O) groups excluding carboxylic acids is 1. The number of carboxylic acid groups (broad SMARTS) is 1. The van der Waals surface area contributed by atoms with Crippen molar-refractivity contribution < 1.29 is 27.9 Å². The molecule has 1 amide bonds. The predicted octanol–water partition coefficient (Wildman–Crippen LogP) is 0.699. The standard InChI is InChI=1S/C15H22N2O6S/c1-9-7-12(23-6-4-5-13(16)18)8-10(2)14(9)24(21,22)17-11(3)15(19)20/h7-8,11,17H,4-6H2,1-3H3,(H2,16,18)(H,19,20)/t11-/m0/s1. The number of amides is 1. The molecule has 0 unspecified atom stereocenters.